The lowest BCUT2D eigenvalue weighted by Crippen LogP contribution is -2.51. The fraction of sp³-hybridized carbons (Fsp3) is 0.571. The fourth-order valence-corrected chi connectivity index (χ4v) is 2.27. The standard InChI is InChI=1S/C14H19F2N3O2/c1-9-6-17-5-4-11(9)10(2)19(3)13(20)18-12-7-21-8-14(12,15)16/h4-6,10,12H,7-8H2,1-3H3,(H,18,20)/t10-,12-/m1/s1. The molecule has 116 valence electrons. The minimum absolute atomic E-state index is 0.171. The molecule has 1 fully saturated rings. The SMILES string of the molecule is Cc1cnccc1[C@@H](C)N(C)C(=O)N[C@@H]1COCC1(F)F. The van der Waals surface area contributed by atoms with Crippen molar-refractivity contribution in [3.8, 4) is 0 Å². The van der Waals surface area contributed by atoms with E-state index in [-0.39, 0.29) is 12.6 Å². The first-order chi connectivity index (χ1) is 9.83. The van der Waals surface area contributed by atoms with Crippen LogP contribution in [0.15, 0.2) is 18.5 Å². The molecule has 0 aromatic carbocycles. The van der Waals surface area contributed by atoms with Gasteiger partial charge in [-0.1, -0.05) is 0 Å². The number of halogens is 2. The van der Waals surface area contributed by atoms with E-state index in [4.69, 9.17) is 4.74 Å². The van der Waals surface area contributed by atoms with Crippen molar-refractivity contribution in [2.24, 2.45) is 0 Å². The van der Waals surface area contributed by atoms with E-state index in [9.17, 15) is 13.6 Å². The summed E-state index contributed by atoms with van der Waals surface area (Å²) in [5, 5.41) is 2.34. The largest absolute Gasteiger partial charge is 0.373 e. The number of urea groups is 1. The first-order valence-corrected chi connectivity index (χ1v) is 6.72. The van der Waals surface area contributed by atoms with Crippen LogP contribution in [0.1, 0.15) is 24.1 Å². The van der Waals surface area contributed by atoms with Crippen molar-refractivity contribution in [3.63, 3.8) is 0 Å². The Balaban J connectivity index is 2.04. The lowest BCUT2D eigenvalue weighted by molar-refractivity contribution is -0.0223. The Morgan fingerprint density at radius 3 is 2.90 bits per heavy atom. The molecule has 2 amide bonds. The van der Waals surface area contributed by atoms with E-state index < -0.39 is 24.6 Å². The van der Waals surface area contributed by atoms with Crippen LogP contribution in [0.4, 0.5) is 13.6 Å². The van der Waals surface area contributed by atoms with Crippen molar-refractivity contribution in [2.45, 2.75) is 31.9 Å². The third kappa shape index (κ3) is 3.29. The monoisotopic (exact) mass is 299 g/mol. The number of hydrogen-bond acceptors (Lipinski definition) is 3. The van der Waals surface area contributed by atoms with Gasteiger partial charge in [0.05, 0.1) is 12.6 Å². The summed E-state index contributed by atoms with van der Waals surface area (Å²) in [7, 11) is 1.58. The highest BCUT2D eigenvalue weighted by Gasteiger charge is 2.46. The lowest BCUT2D eigenvalue weighted by atomic mass is 10.0. The molecule has 1 aromatic rings. The molecular formula is C14H19F2N3O2. The summed E-state index contributed by atoms with van der Waals surface area (Å²) in [4.78, 5) is 17.5. The van der Waals surface area contributed by atoms with Crippen LogP contribution >= 0.6 is 0 Å². The molecule has 1 N–H and O–H groups in total. The molecule has 2 atom stereocenters. The number of aryl methyl sites for hydroxylation is 1. The van der Waals surface area contributed by atoms with Gasteiger partial charge in [0.15, 0.2) is 0 Å². The van der Waals surface area contributed by atoms with Crippen LogP contribution in [0.5, 0.6) is 0 Å². The number of aromatic nitrogens is 1. The van der Waals surface area contributed by atoms with Crippen molar-refractivity contribution in [1.82, 2.24) is 15.2 Å². The Kier molecular flexibility index (Phi) is 4.41. The predicted octanol–water partition coefficient (Wildman–Crippen LogP) is 2.13. The van der Waals surface area contributed by atoms with Crippen LogP contribution < -0.4 is 5.32 Å². The van der Waals surface area contributed by atoms with Crippen LogP contribution in [0.2, 0.25) is 0 Å². The molecule has 5 nitrogen and oxygen atoms in total. The topological polar surface area (TPSA) is 54.5 Å². The first-order valence-electron chi connectivity index (χ1n) is 6.72. The summed E-state index contributed by atoms with van der Waals surface area (Å²) in [6.07, 6.45) is 3.35. The molecule has 0 aliphatic carbocycles. The summed E-state index contributed by atoms with van der Waals surface area (Å²) >= 11 is 0. The normalized spacial score (nSPS) is 21.9. The summed E-state index contributed by atoms with van der Waals surface area (Å²) in [5.74, 6) is -3.02. The van der Waals surface area contributed by atoms with Crippen LogP contribution in [-0.4, -0.2) is 48.1 Å². The number of rotatable bonds is 3. The fourth-order valence-electron chi connectivity index (χ4n) is 2.27. The second kappa shape index (κ2) is 5.93. The first kappa shape index (κ1) is 15.6. The van der Waals surface area contributed by atoms with Crippen molar-refractivity contribution in [3.05, 3.63) is 29.6 Å². The van der Waals surface area contributed by atoms with E-state index in [2.05, 4.69) is 10.3 Å². The Morgan fingerprint density at radius 2 is 2.33 bits per heavy atom. The van der Waals surface area contributed by atoms with Crippen molar-refractivity contribution in [1.29, 1.82) is 0 Å². The van der Waals surface area contributed by atoms with E-state index in [1.165, 1.54) is 4.90 Å². The van der Waals surface area contributed by atoms with Crippen molar-refractivity contribution in [2.75, 3.05) is 20.3 Å². The number of amides is 2. The molecule has 0 bridgehead atoms. The van der Waals surface area contributed by atoms with Crippen LogP contribution in [0.3, 0.4) is 0 Å². The minimum atomic E-state index is -3.02. The average Bonchev–Trinajstić information content (AvgIpc) is 2.77. The molecule has 1 aromatic heterocycles. The Labute approximate surface area is 122 Å². The maximum Gasteiger partial charge on any atom is 0.318 e. The maximum absolute atomic E-state index is 13.5. The third-order valence-electron chi connectivity index (χ3n) is 3.80. The van der Waals surface area contributed by atoms with Crippen LogP contribution in [0.25, 0.3) is 0 Å². The molecule has 7 heteroatoms. The number of nitrogens with one attached hydrogen (secondary N) is 1. The van der Waals surface area contributed by atoms with Gasteiger partial charge in [-0.3, -0.25) is 4.98 Å². The van der Waals surface area contributed by atoms with Gasteiger partial charge in [0.1, 0.15) is 12.6 Å². The van der Waals surface area contributed by atoms with Gasteiger partial charge in [-0.05, 0) is 31.0 Å². The van der Waals surface area contributed by atoms with Gasteiger partial charge in [0, 0.05) is 19.4 Å². The van der Waals surface area contributed by atoms with Crippen LogP contribution in [-0.2, 0) is 4.74 Å². The number of nitrogens with zero attached hydrogens (tertiary/aromatic N) is 2. The zero-order valence-corrected chi connectivity index (χ0v) is 12.3. The van der Waals surface area contributed by atoms with E-state index >= 15 is 0 Å². The Bertz CT molecular complexity index is 525. The second-order valence-electron chi connectivity index (χ2n) is 5.30. The van der Waals surface area contributed by atoms with E-state index in [1.54, 1.807) is 19.4 Å². The summed E-state index contributed by atoms with van der Waals surface area (Å²) in [5.41, 5.74) is 1.87. The second-order valence-corrected chi connectivity index (χ2v) is 5.30. The predicted molar refractivity (Wildman–Crippen MR) is 73.2 cm³/mol. The smallest absolute Gasteiger partial charge is 0.318 e. The third-order valence-corrected chi connectivity index (χ3v) is 3.80. The number of carbonyl (C=O) groups is 1. The van der Waals surface area contributed by atoms with E-state index in [0.717, 1.165) is 11.1 Å². The van der Waals surface area contributed by atoms with Crippen molar-refractivity contribution >= 4 is 6.03 Å². The molecule has 21 heavy (non-hydrogen) atoms. The molecule has 0 radical (unpaired) electrons. The summed E-state index contributed by atoms with van der Waals surface area (Å²) in [6.45, 7) is 2.91. The number of ether oxygens (including phenoxy) is 1. The Morgan fingerprint density at radius 1 is 1.62 bits per heavy atom. The molecule has 1 aliphatic heterocycles. The molecule has 1 aliphatic rings. The summed E-state index contributed by atoms with van der Waals surface area (Å²) in [6, 6.07) is -0.257. The minimum Gasteiger partial charge on any atom is -0.373 e. The highest BCUT2D eigenvalue weighted by atomic mass is 19.3. The average molecular weight is 299 g/mol. The van der Waals surface area contributed by atoms with Gasteiger partial charge in [-0.2, -0.15) is 0 Å². The highest BCUT2D eigenvalue weighted by Crippen LogP contribution is 2.26. The molecule has 0 saturated carbocycles. The number of alkyl halides is 2. The van der Waals surface area contributed by atoms with Gasteiger partial charge in [0.25, 0.3) is 5.92 Å². The highest BCUT2D eigenvalue weighted by molar-refractivity contribution is 5.75. The molecule has 0 unspecified atom stereocenters. The molecule has 2 rings (SSSR count). The van der Waals surface area contributed by atoms with E-state index in [0.29, 0.717) is 0 Å². The van der Waals surface area contributed by atoms with Gasteiger partial charge >= 0.3 is 6.03 Å². The quantitative estimate of drug-likeness (QED) is 0.930. The zero-order chi connectivity index (χ0) is 15.6. The van der Waals surface area contributed by atoms with Gasteiger partial charge < -0.3 is 15.0 Å². The summed E-state index contributed by atoms with van der Waals surface area (Å²) < 4.78 is 31.6. The van der Waals surface area contributed by atoms with E-state index in [1.807, 2.05) is 19.9 Å². The van der Waals surface area contributed by atoms with Crippen molar-refractivity contribution < 1.29 is 18.3 Å². The maximum atomic E-state index is 13.5. The molecule has 1 saturated heterocycles. The molecular weight excluding hydrogens is 280 g/mol. The lowest BCUT2D eigenvalue weighted by Gasteiger charge is -2.28. The van der Waals surface area contributed by atoms with Gasteiger partial charge in [-0.25, -0.2) is 13.6 Å². The zero-order valence-electron chi connectivity index (χ0n) is 12.3. The van der Waals surface area contributed by atoms with Gasteiger partial charge in [0.2, 0.25) is 0 Å². The number of hydrogen-bond donors (Lipinski definition) is 1. The molecule has 2 heterocycles. The number of pyridine rings is 1. The van der Waals surface area contributed by atoms with Gasteiger partial charge in [-0.15, -0.1) is 0 Å². The molecule has 0 spiro atoms. The Hall–Kier alpha value is -1.76. The number of carbonyl (C=O) groups excluding carboxylic acids is 1. The van der Waals surface area contributed by atoms with Crippen LogP contribution in [0, 0.1) is 6.92 Å².